The number of hydrogen-bond donors (Lipinski definition) is 1. The molecular formula is C18H23ClN4O2. The number of imidazole rings is 1. The van der Waals surface area contributed by atoms with E-state index >= 15 is 0 Å². The molecule has 0 radical (unpaired) electrons. The van der Waals surface area contributed by atoms with Gasteiger partial charge in [0.2, 0.25) is 0 Å². The maximum Gasteiger partial charge on any atom is 0.257 e. The predicted molar refractivity (Wildman–Crippen MR) is 96.6 cm³/mol. The van der Waals surface area contributed by atoms with E-state index in [0.717, 1.165) is 24.4 Å². The van der Waals surface area contributed by atoms with Crippen LogP contribution in [-0.2, 0) is 23.0 Å². The van der Waals surface area contributed by atoms with Crippen molar-refractivity contribution in [2.75, 3.05) is 26.2 Å². The Morgan fingerprint density at radius 2 is 2.20 bits per heavy atom. The highest BCUT2D eigenvalue weighted by molar-refractivity contribution is 5.85. The van der Waals surface area contributed by atoms with Gasteiger partial charge in [-0.15, -0.1) is 12.4 Å². The molecule has 0 saturated carbocycles. The molecule has 1 saturated heterocycles. The fourth-order valence-electron chi connectivity index (χ4n) is 3.65. The lowest BCUT2D eigenvalue weighted by Gasteiger charge is -2.38. The van der Waals surface area contributed by atoms with E-state index in [1.807, 2.05) is 40.9 Å². The zero-order chi connectivity index (χ0) is 16.5. The number of carbonyl (C=O) groups excluding carboxylic acids is 1. The number of nitrogens with one attached hydrogen (secondary N) is 1. The van der Waals surface area contributed by atoms with Crippen LogP contribution in [0.15, 0.2) is 36.7 Å². The molecule has 2 unspecified atom stereocenters. The Morgan fingerprint density at radius 1 is 1.36 bits per heavy atom. The number of halogens is 1. The van der Waals surface area contributed by atoms with Crippen molar-refractivity contribution in [2.24, 2.45) is 7.05 Å². The fourth-order valence-corrected chi connectivity index (χ4v) is 3.65. The molecule has 3 heterocycles. The Balaban J connectivity index is 0.00000182. The van der Waals surface area contributed by atoms with Crippen molar-refractivity contribution >= 4 is 18.3 Å². The number of aryl methyl sites for hydroxylation is 1. The molecule has 4 rings (SSSR count). The van der Waals surface area contributed by atoms with Crippen LogP contribution in [0.2, 0.25) is 0 Å². The van der Waals surface area contributed by atoms with E-state index in [0.29, 0.717) is 19.7 Å². The lowest BCUT2D eigenvalue weighted by Crippen LogP contribution is -2.51. The van der Waals surface area contributed by atoms with Crippen LogP contribution < -0.4 is 5.32 Å². The quantitative estimate of drug-likeness (QED) is 0.882. The highest BCUT2D eigenvalue weighted by Gasteiger charge is 2.37. The van der Waals surface area contributed by atoms with Crippen LogP contribution in [0, 0.1) is 0 Å². The minimum atomic E-state index is -0.504. The summed E-state index contributed by atoms with van der Waals surface area (Å²) in [6.07, 6.45) is 4.05. The van der Waals surface area contributed by atoms with Crippen LogP contribution in [0.4, 0.5) is 0 Å². The molecule has 1 N–H and O–H groups in total. The molecule has 0 spiro atoms. The normalized spacial score (nSPS) is 22.8. The lowest BCUT2D eigenvalue weighted by atomic mass is 9.96. The van der Waals surface area contributed by atoms with E-state index < -0.39 is 6.10 Å². The van der Waals surface area contributed by atoms with Crippen molar-refractivity contribution in [1.29, 1.82) is 0 Å². The number of rotatable bonds is 2. The van der Waals surface area contributed by atoms with Crippen LogP contribution in [0.25, 0.3) is 0 Å². The monoisotopic (exact) mass is 362 g/mol. The van der Waals surface area contributed by atoms with Crippen LogP contribution >= 0.6 is 12.4 Å². The SMILES string of the molecule is Cl.Cn1ccnc1C1CNCCN1C(=O)C1OCCc2ccccc21. The van der Waals surface area contributed by atoms with Gasteiger partial charge in [0.15, 0.2) is 6.10 Å². The molecule has 2 atom stereocenters. The number of nitrogens with zero attached hydrogens (tertiary/aromatic N) is 3. The van der Waals surface area contributed by atoms with Crippen molar-refractivity contribution in [2.45, 2.75) is 18.6 Å². The van der Waals surface area contributed by atoms with Gasteiger partial charge in [-0.25, -0.2) is 4.98 Å². The average Bonchev–Trinajstić information content (AvgIpc) is 3.06. The van der Waals surface area contributed by atoms with Gasteiger partial charge in [0.1, 0.15) is 11.9 Å². The van der Waals surface area contributed by atoms with Crippen LogP contribution in [-0.4, -0.2) is 46.6 Å². The van der Waals surface area contributed by atoms with E-state index in [2.05, 4.69) is 16.4 Å². The number of piperazine rings is 1. The van der Waals surface area contributed by atoms with E-state index in [-0.39, 0.29) is 24.4 Å². The second kappa shape index (κ2) is 7.56. The third-order valence-corrected chi connectivity index (χ3v) is 4.90. The van der Waals surface area contributed by atoms with Crippen molar-refractivity contribution in [3.8, 4) is 0 Å². The average molecular weight is 363 g/mol. The third-order valence-electron chi connectivity index (χ3n) is 4.90. The van der Waals surface area contributed by atoms with E-state index in [1.165, 1.54) is 5.56 Å². The topological polar surface area (TPSA) is 59.4 Å². The largest absolute Gasteiger partial charge is 0.363 e. The smallest absolute Gasteiger partial charge is 0.257 e. The molecule has 1 aromatic heterocycles. The summed E-state index contributed by atoms with van der Waals surface area (Å²) >= 11 is 0. The molecule has 25 heavy (non-hydrogen) atoms. The van der Waals surface area contributed by atoms with Crippen LogP contribution in [0.3, 0.4) is 0 Å². The minimum absolute atomic E-state index is 0. The predicted octanol–water partition coefficient (Wildman–Crippen LogP) is 1.63. The number of amides is 1. The Kier molecular flexibility index (Phi) is 5.42. The molecule has 2 aromatic rings. The van der Waals surface area contributed by atoms with E-state index in [4.69, 9.17) is 4.74 Å². The van der Waals surface area contributed by atoms with E-state index in [1.54, 1.807) is 6.20 Å². The molecule has 0 aliphatic carbocycles. The van der Waals surface area contributed by atoms with Crippen molar-refractivity contribution in [1.82, 2.24) is 19.8 Å². The van der Waals surface area contributed by atoms with Gasteiger partial charge in [0.05, 0.1) is 6.61 Å². The maximum atomic E-state index is 13.3. The first-order chi connectivity index (χ1) is 11.8. The molecule has 1 amide bonds. The number of carbonyl (C=O) groups is 1. The lowest BCUT2D eigenvalue weighted by molar-refractivity contribution is -0.149. The van der Waals surface area contributed by atoms with E-state index in [9.17, 15) is 4.79 Å². The van der Waals surface area contributed by atoms with Gasteiger partial charge in [-0.2, -0.15) is 0 Å². The molecule has 134 valence electrons. The zero-order valence-electron chi connectivity index (χ0n) is 14.2. The molecule has 7 heteroatoms. The first kappa shape index (κ1) is 17.9. The Hall–Kier alpha value is -1.89. The minimum Gasteiger partial charge on any atom is -0.363 e. The summed E-state index contributed by atoms with van der Waals surface area (Å²) in [6, 6.07) is 8.03. The van der Waals surface area contributed by atoms with Crippen molar-refractivity contribution in [3.63, 3.8) is 0 Å². The summed E-state index contributed by atoms with van der Waals surface area (Å²) in [5.74, 6) is 0.941. The fraction of sp³-hybridized carbons (Fsp3) is 0.444. The number of benzene rings is 1. The number of hydrogen-bond acceptors (Lipinski definition) is 4. The Morgan fingerprint density at radius 3 is 3.00 bits per heavy atom. The third kappa shape index (κ3) is 3.29. The molecule has 2 aliphatic rings. The van der Waals surface area contributed by atoms with Crippen LogP contribution in [0.5, 0.6) is 0 Å². The molecule has 6 nitrogen and oxygen atoms in total. The van der Waals surface area contributed by atoms with Crippen molar-refractivity contribution in [3.05, 3.63) is 53.6 Å². The van der Waals surface area contributed by atoms with Gasteiger partial charge in [-0.1, -0.05) is 24.3 Å². The number of fused-ring (bicyclic) bond motifs is 1. The summed E-state index contributed by atoms with van der Waals surface area (Å²) in [5.41, 5.74) is 2.22. The van der Waals surface area contributed by atoms with Gasteiger partial charge in [-0.05, 0) is 17.5 Å². The first-order valence-corrected chi connectivity index (χ1v) is 8.43. The molecule has 0 bridgehead atoms. The standard InChI is InChI=1S/C18H22N4O2.ClH/c1-21-9-8-20-17(21)15-12-19-7-10-22(15)18(23)16-14-5-3-2-4-13(14)6-11-24-16;/h2-5,8-9,15-16,19H,6-7,10-12H2,1H3;1H. The second-order valence-electron chi connectivity index (χ2n) is 6.35. The zero-order valence-corrected chi connectivity index (χ0v) is 15.0. The highest BCUT2D eigenvalue weighted by atomic mass is 35.5. The van der Waals surface area contributed by atoms with Gasteiger partial charge < -0.3 is 19.5 Å². The van der Waals surface area contributed by atoms with Gasteiger partial charge in [0.25, 0.3) is 5.91 Å². The molecule has 1 fully saturated rings. The van der Waals surface area contributed by atoms with Gasteiger partial charge in [0, 0.05) is 39.1 Å². The van der Waals surface area contributed by atoms with Gasteiger partial charge in [-0.3, -0.25) is 4.79 Å². The summed E-state index contributed by atoms with van der Waals surface area (Å²) < 4.78 is 7.86. The number of ether oxygens (including phenoxy) is 1. The Bertz CT molecular complexity index is 748. The number of aromatic nitrogens is 2. The summed E-state index contributed by atoms with van der Waals surface area (Å²) in [5, 5.41) is 3.37. The van der Waals surface area contributed by atoms with Gasteiger partial charge >= 0.3 is 0 Å². The van der Waals surface area contributed by atoms with Crippen LogP contribution in [0.1, 0.15) is 29.1 Å². The summed E-state index contributed by atoms with van der Waals surface area (Å²) in [4.78, 5) is 19.6. The first-order valence-electron chi connectivity index (χ1n) is 8.43. The van der Waals surface area contributed by atoms with Crippen molar-refractivity contribution < 1.29 is 9.53 Å². The summed E-state index contributed by atoms with van der Waals surface area (Å²) in [7, 11) is 1.96. The molecular weight excluding hydrogens is 340 g/mol. The Labute approximate surface area is 153 Å². The second-order valence-corrected chi connectivity index (χ2v) is 6.35. The maximum absolute atomic E-state index is 13.3. The molecule has 1 aromatic carbocycles. The summed E-state index contributed by atoms with van der Waals surface area (Å²) in [6.45, 7) is 2.76. The molecule has 2 aliphatic heterocycles. The highest BCUT2D eigenvalue weighted by Crippen LogP contribution is 2.31.